The highest BCUT2D eigenvalue weighted by Gasteiger charge is 2.35. The average molecular weight is 475 g/mol. The number of aromatic nitrogens is 2. The smallest absolute Gasteiger partial charge is 0.433 e. The molecule has 0 saturated heterocycles. The Morgan fingerprint density at radius 2 is 1.94 bits per heavy atom. The largest absolute Gasteiger partial charge is 0.494 e. The second-order valence-corrected chi connectivity index (χ2v) is 9.00. The minimum absolute atomic E-state index is 0.0444. The Morgan fingerprint density at radius 1 is 1.19 bits per heavy atom. The number of fused-ring (bicyclic) bond motifs is 1. The Morgan fingerprint density at radius 3 is 2.62 bits per heavy atom. The summed E-state index contributed by atoms with van der Waals surface area (Å²) >= 11 is 0. The van der Waals surface area contributed by atoms with Crippen LogP contribution in [-0.2, 0) is 16.2 Å². The van der Waals surface area contributed by atoms with Crippen LogP contribution in [0.1, 0.15) is 36.6 Å². The van der Waals surface area contributed by atoms with Gasteiger partial charge in [-0.3, -0.25) is 9.82 Å². The van der Waals surface area contributed by atoms with Gasteiger partial charge in [-0.1, -0.05) is 6.07 Å². The van der Waals surface area contributed by atoms with Crippen LogP contribution in [0.2, 0.25) is 0 Å². The number of rotatable bonds is 9. The number of H-pyrrole nitrogens is 1. The Balaban J connectivity index is 1.50. The van der Waals surface area contributed by atoms with Gasteiger partial charge in [-0.15, -0.1) is 0 Å². The number of nitrogens with one attached hydrogen (secondary N) is 2. The molecule has 0 aliphatic carbocycles. The zero-order valence-corrected chi connectivity index (χ0v) is 17.7. The van der Waals surface area contributed by atoms with E-state index in [1.54, 1.807) is 0 Å². The lowest BCUT2D eigenvalue weighted by Crippen LogP contribution is -2.11. The Hall–Kier alpha value is -2.86. The molecule has 0 spiro atoms. The van der Waals surface area contributed by atoms with Crippen molar-refractivity contribution in [3.8, 4) is 5.75 Å². The van der Waals surface area contributed by atoms with Gasteiger partial charge in [0, 0.05) is 11.5 Å². The van der Waals surface area contributed by atoms with Crippen LogP contribution in [-0.4, -0.2) is 36.6 Å². The molecule has 1 aromatic heterocycles. The summed E-state index contributed by atoms with van der Waals surface area (Å²) in [6.07, 6.45) is -3.16. The number of hydrogen-bond donors (Lipinski definition) is 3. The number of aliphatic hydroxyl groups excluding tert-OH is 1. The molecule has 0 fully saturated rings. The lowest BCUT2D eigenvalue weighted by atomic mass is 10.0. The molecule has 174 valence electrons. The third-order valence-corrected chi connectivity index (χ3v) is 5.21. The number of alkyl halides is 3. The summed E-state index contributed by atoms with van der Waals surface area (Å²) in [6, 6.07) is 7.81. The predicted molar refractivity (Wildman–Crippen MR) is 110 cm³/mol. The van der Waals surface area contributed by atoms with E-state index in [9.17, 15) is 31.1 Å². The standard InChI is InChI=1S/C20H21F4N3O4S/c1-32(29,30)27-17-10-12(5-8-15(17)21)18(28)4-2-3-9-31-13-6-7-14-16(11-13)25-26-19(14)20(22,23)24/h5-8,10-11,18,27-28H,2-4,9H2,1H3,(H,25,26)/t18-/m0/s1. The van der Waals surface area contributed by atoms with Crippen molar-refractivity contribution in [3.63, 3.8) is 0 Å². The Bertz CT molecular complexity index is 1200. The fraction of sp³-hybridized carbons (Fsp3) is 0.350. The van der Waals surface area contributed by atoms with E-state index in [2.05, 4.69) is 9.82 Å². The number of ether oxygens (including phenoxy) is 1. The average Bonchev–Trinajstić information content (AvgIpc) is 3.12. The molecule has 0 aliphatic rings. The molecule has 3 N–H and O–H groups in total. The minimum Gasteiger partial charge on any atom is -0.494 e. The van der Waals surface area contributed by atoms with Crippen molar-refractivity contribution in [1.29, 1.82) is 0 Å². The SMILES string of the molecule is CS(=O)(=O)Nc1cc([C@@H](O)CCCCOc2ccc3c(C(F)(F)F)[nH]nc3c2)ccc1F. The second-order valence-electron chi connectivity index (χ2n) is 7.25. The monoisotopic (exact) mass is 475 g/mol. The first-order valence-corrected chi connectivity index (χ1v) is 11.5. The quantitative estimate of drug-likeness (QED) is 0.315. The number of halogens is 4. The van der Waals surface area contributed by atoms with E-state index in [4.69, 9.17) is 4.74 Å². The molecular weight excluding hydrogens is 454 g/mol. The zero-order chi connectivity index (χ0) is 23.5. The lowest BCUT2D eigenvalue weighted by molar-refractivity contribution is -0.139. The summed E-state index contributed by atoms with van der Waals surface area (Å²) in [7, 11) is -3.66. The van der Waals surface area contributed by atoms with E-state index in [0.29, 0.717) is 30.6 Å². The molecule has 0 amide bonds. The number of anilines is 1. The summed E-state index contributed by atoms with van der Waals surface area (Å²) in [5.74, 6) is -0.385. The van der Waals surface area contributed by atoms with E-state index in [0.717, 1.165) is 12.3 Å². The van der Waals surface area contributed by atoms with Gasteiger partial charge in [0.2, 0.25) is 10.0 Å². The van der Waals surface area contributed by atoms with Crippen molar-refractivity contribution in [1.82, 2.24) is 10.2 Å². The number of hydrogen-bond acceptors (Lipinski definition) is 5. The van der Waals surface area contributed by atoms with Crippen molar-refractivity contribution in [2.24, 2.45) is 0 Å². The van der Waals surface area contributed by atoms with Crippen LogP contribution in [0.3, 0.4) is 0 Å². The van der Waals surface area contributed by atoms with Crippen molar-refractivity contribution >= 4 is 26.6 Å². The van der Waals surface area contributed by atoms with Gasteiger partial charge in [-0.25, -0.2) is 12.8 Å². The fourth-order valence-corrected chi connectivity index (χ4v) is 3.68. The molecule has 1 atom stereocenters. The molecule has 12 heteroatoms. The Labute approximate surface area is 181 Å². The van der Waals surface area contributed by atoms with E-state index >= 15 is 0 Å². The highest BCUT2D eigenvalue weighted by molar-refractivity contribution is 7.92. The van der Waals surface area contributed by atoms with E-state index < -0.39 is 33.8 Å². The number of aliphatic hydroxyl groups is 1. The van der Waals surface area contributed by atoms with Crippen LogP contribution in [0.25, 0.3) is 10.9 Å². The topological polar surface area (TPSA) is 104 Å². The van der Waals surface area contributed by atoms with Gasteiger partial charge in [0.05, 0.1) is 30.2 Å². The van der Waals surface area contributed by atoms with Crippen molar-refractivity contribution in [2.45, 2.75) is 31.5 Å². The molecule has 0 unspecified atom stereocenters. The van der Waals surface area contributed by atoms with Gasteiger partial charge in [0.15, 0.2) is 0 Å². The fourth-order valence-electron chi connectivity index (χ4n) is 3.12. The van der Waals surface area contributed by atoms with Crippen molar-refractivity contribution in [2.75, 3.05) is 17.6 Å². The first-order chi connectivity index (χ1) is 14.9. The normalized spacial score (nSPS) is 13.3. The van der Waals surface area contributed by atoms with Crippen LogP contribution < -0.4 is 9.46 Å². The molecule has 1 heterocycles. The van der Waals surface area contributed by atoms with Gasteiger partial charge >= 0.3 is 6.18 Å². The summed E-state index contributed by atoms with van der Waals surface area (Å²) in [6.45, 7) is 0.263. The molecule has 32 heavy (non-hydrogen) atoms. The third kappa shape index (κ3) is 6.10. The molecule has 7 nitrogen and oxygen atoms in total. The number of sulfonamides is 1. The van der Waals surface area contributed by atoms with E-state index in [1.807, 2.05) is 5.10 Å². The number of benzene rings is 2. The number of unbranched alkanes of at least 4 members (excludes halogenated alkanes) is 1. The summed E-state index contributed by atoms with van der Waals surface area (Å²) < 4.78 is 82.6. The summed E-state index contributed by atoms with van der Waals surface area (Å²) in [5, 5.41) is 15.9. The van der Waals surface area contributed by atoms with Gasteiger partial charge in [-0.05, 0) is 49.1 Å². The highest BCUT2D eigenvalue weighted by Crippen LogP contribution is 2.34. The zero-order valence-electron chi connectivity index (χ0n) is 16.9. The van der Waals surface area contributed by atoms with Crippen molar-refractivity contribution < 1.29 is 35.8 Å². The first-order valence-electron chi connectivity index (χ1n) is 9.57. The molecule has 0 saturated carbocycles. The maximum atomic E-state index is 13.7. The van der Waals surface area contributed by atoms with Crippen LogP contribution in [0.15, 0.2) is 36.4 Å². The molecule has 3 rings (SSSR count). The summed E-state index contributed by atoms with van der Waals surface area (Å²) in [4.78, 5) is 0. The van der Waals surface area contributed by atoms with Crippen LogP contribution in [0.4, 0.5) is 23.2 Å². The molecule has 3 aromatic rings. The first kappa shape index (κ1) is 23.8. The number of nitrogens with zero attached hydrogens (tertiary/aromatic N) is 1. The lowest BCUT2D eigenvalue weighted by Gasteiger charge is -2.14. The third-order valence-electron chi connectivity index (χ3n) is 4.62. The van der Waals surface area contributed by atoms with Crippen LogP contribution >= 0.6 is 0 Å². The summed E-state index contributed by atoms with van der Waals surface area (Å²) in [5.41, 5.74) is -0.651. The van der Waals surface area contributed by atoms with Gasteiger partial charge < -0.3 is 9.84 Å². The molecule has 0 aliphatic heterocycles. The van der Waals surface area contributed by atoms with Gasteiger partial charge in [0.25, 0.3) is 0 Å². The van der Waals surface area contributed by atoms with Crippen LogP contribution in [0.5, 0.6) is 5.75 Å². The minimum atomic E-state index is -4.52. The maximum Gasteiger partial charge on any atom is 0.433 e. The van der Waals surface area contributed by atoms with Gasteiger partial charge in [-0.2, -0.15) is 18.3 Å². The number of aromatic amines is 1. The highest BCUT2D eigenvalue weighted by atomic mass is 32.2. The van der Waals surface area contributed by atoms with Crippen LogP contribution in [0, 0.1) is 5.82 Å². The molecule has 0 radical (unpaired) electrons. The Kier molecular flexibility index (Phi) is 6.94. The van der Waals surface area contributed by atoms with Crippen molar-refractivity contribution in [3.05, 3.63) is 53.5 Å². The molecule has 2 aromatic carbocycles. The molecular formula is C20H21F4N3O4S. The maximum absolute atomic E-state index is 13.7. The van der Waals surface area contributed by atoms with Gasteiger partial charge in [0.1, 0.15) is 17.3 Å². The van der Waals surface area contributed by atoms with E-state index in [1.165, 1.54) is 30.3 Å². The van der Waals surface area contributed by atoms with E-state index in [-0.39, 0.29) is 23.2 Å². The molecule has 0 bridgehead atoms. The predicted octanol–water partition coefficient (Wildman–Crippen LogP) is 4.38. The second kappa shape index (κ2) is 9.33.